The fourth-order valence-corrected chi connectivity index (χ4v) is 3.61. The fraction of sp³-hybridized carbons (Fsp3) is 0.273. The van der Waals surface area contributed by atoms with Gasteiger partial charge in [0.25, 0.3) is 5.56 Å². The summed E-state index contributed by atoms with van der Waals surface area (Å²) in [5, 5.41) is 1.52. The van der Waals surface area contributed by atoms with Gasteiger partial charge < -0.3 is 9.72 Å². The molecular formula is C22H22N2O3. The molecule has 0 amide bonds. The minimum absolute atomic E-state index is 0.0433. The molecule has 2 aromatic carbocycles. The second-order valence-electron chi connectivity index (χ2n) is 6.96. The molecule has 1 aliphatic rings. The van der Waals surface area contributed by atoms with Crippen LogP contribution in [0, 0.1) is 0 Å². The van der Waals surface area contributed by atoms with Crippen LogP contribution in [0.4, 0.5) is 0 Å². The molecule has 5 nitrogen and oxygen atoms in total. The number of likely N-dealkylation sites (tertiary alicyclic amines) is 1. The van der Waals surface area contributed by atoms with Crippen LogP contribution in [0.15, 0.2) is 65.6 Å². The number of nitrogens with one attached hydrogen (secondary N) is 1. The lowest BCUT2D eigenvalue weighted by Gasteiger charge is -2.32. The van der Waals surface area contributed by atoms with Crippen molar-refractivity contribution in [3.8, 4) is 5.75 Å². The molecule has 4 rings (SSSR count). The summed E-state index contributed by atoms with van der Waals surface area (Å²) in [4.78, 5) is 29.1. The maximum absolute atomic E-state index is 12.4. The molecule has 2 heterocycles. The summed E-state index contributed by atoms with van der Waals surface area (Å²) in [5.41, 5.74) is 0.655. The summed E-state index contributed by atoms with van der Waals surface area (Å²) in [6.07, 6.45) is 3.65. The minimum atomic E-state index is -0.0951. The number of rotatable bonds is 5. The lowest BCUT2D eigenvalue weighted by molar-refractivity contribution is 0.0734. The van der Waals surface area contributed by atoms with Gasteiger partial charge in [-0.1, -0.05) is 30.3 Å². The zero-order valence-electron chi connectivity index (χ0n) is 15.1. The Labute approximate surface area is 157 Å². The number of benzene rings is 2. The van der Waals surface area contributed by atoms with Crippen molar-refractivity contribution in [1.29, 1.82) is 0 Å². The molecule has 1 aromatic heterocycles. The lowest BCUT2D eigenvalue weighted by Crippen LogP contribution is -2.43. The predicted octanol–water partition coefficient (Wildman–Crippen LogP) is 3.25. The number of hydrogen-bond donors (Lipinski definition) is 1. The van der Waals surface area contributed by atoms with E-state index in [2.05, 4.69) is 9.88 Å². The highest BCUT2D eigenvalue weighted by Gasteiger charge is 2.23. The Bertz CT molecular complexity index is 997. The number of ketones is 1. The van der Waals surface area contributed by atoms with Crippen LogP contribution >= 0.6 is 0 Å². The molecule has 0 aliphatic carbocycles. The average molecular weight is 362 g/mol. The molecule has 1 N–H and O–H groups in total. The fourth-order valence-electron chi connectivity index (χ4n) is 3.61. The monoisotopic (exact) mass is 362 g/mol. The van der Waals surface area contributed by atoms with E-state index in [0.717, 1.165) is 42.6 Å². The number of fused-ring (bicyclic) bond motifs is 1. The number of aromatic nitrogens is 1. The summed E-state index contributed by atoms with van der Waals surface area (Å²) in [5.74, 6) is 0.899. The van der Waals surface area contributed by atoms with Crippen LogP contribution in [0.25, 0.3) is 10.8 Å². The number of aromatic amines is 1. The topological polar surface area (TPSA) is 62.4 Å². The van der Waals surface area contributed by atoms with Crippen LogP contribution in [-0.2, 0) is 0 Å². The third-order valence-corrected chi connectivity index (χ3v) is 4.97. The Hall–Kier alpha value is -2.92. The number of Topliss-reactive ketones (excluding diaryl/α,β-unsaturated/α-hetero) is 1. The predicted molar refractivity (Wildman–Crippen MR) is 105 cm³/mol. The first kappa shape index (κ1) is 17.5. The number of nitrogens with zero attached hydrogens (tertiary/aromatic N) is 1. The Balaban J connectivity index is 1.41. The molecule has 138 valence electrons. The number of hydrogen-bond acceptors (Lipinski definition) is 4. The van der Waals surface area contributed by atoms with Crippen molar-refractivity contribution in [1.82, 2.24) is 9.88 Å². The maximum atomic E-state index is 12.4. The van der Waals surface area contributed by atoms with Crippen molar-refractivity contribution in [2.75, 3.05) is 19.6 Å². The third kappa shape index (κ3) is 4.09. The quantitative estimate of drug-likeness (QED) is 0.708. The van der Waals surface area contributed by atoms with Crippen molar-refractivity contribution in [2.45, 2.75) is 18.9 Å². The standard InChI is InChI=1S/C22H22N2O3/c25-21(16-5-2-1-3-6-16)15-24-12-4-7-19(14-24)27-18-8-9-20-17(13-18)10-11-23-22(20)26/h1-3,5-6,8-11,13,19H,4,7,12,14-15H2,(H,23,26)/t19-/m0/s1. The number of carbonyl (C=O) groups excluding carboxylic acids is 1. The number of piperidine rings is 1. The van der Waals surface area contributed by atoms with Crippen LogP contribution < -0.4 is 10.3 Å². The Morgan fingerprint density at radius 2 is 2.00 bits per heavy atom. The Morgan fingerprint density at radius 1 is 1.15 bits per heavy atom. The van der Waals surface area contributed by atoms with Crippen LogP contribution in [0.5, 0.6) is 5.75 Å². The van der Waals surface area contributed by atoms with Crippen molar-refractivity contribution in [3.63, 3.8) is 0 Å². The molecule has 0 bridgehead atoms. The van der Waals surface area contributed by atoms with E-state index < -0.39 is 0 Å². The molecule has 1 saturated heterocycles. The first-order valence-electron chi connectivity index (χ1n) is 9.28. The summed E-state index contributed by atoms with van der Waals surface area (Å²) in [6, 6.07) is 16.8. The summed E-state index contributed by atoms with van der Waals surface area (Å²) < 4.78 is 6.16. The summed E-state index contributed by atoms with van der Waals surface area (Å²) in [7, 11) is 0. The van der Waals surface area contributed by atoms with E-state index in [9.17, 15) is 9.59 Å². The first-order valence-corrected chi connectivity index (χ1v) is 9.28. The zero-order chi connectivity index (χ0) is 18.6. The Morgan fingerprint density at radius 3 is 2.85 bits per heavy atom. The smallest absolute Gasteiger partial charge is 0.255 e. The summed E-state index contributed by atoms with van der Waals surface area (Å²) >= 11 is 0. The van der Waals surface area contributed by atoms with Crippen molar-refractivity contribution in [3.05, 3.63) is 76.7 Å². The molecule has 0 unspecified atom stereocenters. The molecule has 27 heavy (non-hydrogen) atoms. The highest BCUT2D eigenvalue weighted by molar-refractivity contribution is 5.97. The van der Waals surface area contributed by atoms with Crippen molar-refractivity contribution in [2.24, 2.45) is 0 Å². The van der Waals surface area contributed by atoms with Gasteiger partial charge in [0.1, 0.15) is 11.9 Å². The SMILES string of the molecule is O=C(CN1CCC[C@H](Oc2ccc3c(=O)[nH]ccc3c2)C1)c1ccccc1. The van der Waals surface area contributed by atoms with Crippen LogP contribution in [0.2, 0.25) is 0 Å². The van der Waals surface area contributed by atoms with E-state index in [1.165, 1.54) is 0 Å². The van der Waals surface area contributed by atoms with Crippen LogP contribution in [0.1, 0.15) is 23.2 Å². The van der Waals surface area contributed by atoms with Gasteiger partial charge in [0.15, 0.2) is 5.78 Å². The second kappa shape index (κ2) is 7.76. The first-order chi connectivity index (χ1) is 13.2. The van der Waals surface area contributed by atoms with Gasteiger partial charge in [-0.2, -0.15) is 0 Å². The van der Waals surface area contributed by atoms with Gasteiger partial charge >= 0.3 is 0 Å². The minimum Gasteiger partial charge on any atom is -0.489 e. The molecule has 5 heteroatoms. The van der Waals surface area contributed by atoms with E-state index >= 15 is 0 Å². The highest BCUT2D eigenvalue weighted by atomic mass is 16.5. The van der Waals surface area contributed by atoms with E-state index in [1.54, 1.807) is 12.3 Å². The van der Waals surface area contributed by atoms with Gasteiger partial charge in [-0.05, 0) is 49.0 Å². The normalized spacial score (nSPS) is 17.7. The number of pyridine rings is 1. The highest BCUT2D eigenvalue weighted by Crippen LogP contribution is 2.22. The van der Waals surface area contributed by atoms with Gasteiger partial charge in [-0.15, -0.1) is 0 Å². The van der Waals surface area contributed by atoms with Gasteiger partial charge in [-0.3, -0.25) is 14.5 Å². The maximum Gasteiger partial charge on any atom is 0.255 e. The number of H-pyrrole nitrogens is 1. The lowest BCUT2D eigenvalue weighted by atomic mass is 10.1. The van der Waals surface area contributed by atoms with Crippen molar-refractivity contribution < 1.29 is 9.53 Å². The van der Waals surface area contributed by atoms with E-state index in [1.807, 2.05) is 48.5 Å². The molecule has 0 spiro atoms. The molecule has 1 aliphatic heterocycles. The van der Waals surface area contributed by atoms with Gasteiger partial charge in [0.05, 0.1) is 6.54 Å². The molecule has 1 atom stereocenters. The van der Waals surface area contributed by atoms with Gasteiger partial charge in [0, 0.05) is 23.7 Å². The average Bonchev–Trinajstić information content (AvgIpc) is 2.69. The number of ether oxygens (including phenoxy) is 1. The molecule has 0 radical (unpaired) electrons. The molecule has 1 fully saturated rings. The molecular weight excluding hydrogens is 340 g/mol. The van der Waals surface area contributed by atoms with E-state index in [-0.39, 0.29) is 17.4 Å². The van der Waals surface area contributed by atoms with E-state index in [4.69, 9.17) is 4.74 Å². The summed E-state index contributed by atoms with van der Waals surface area (Å²) in [6.45, 7) is 2.05. The van der Waals surface area contributed by atoms with E-state index in [0.29, 0.717) is 11.9 Å². The zero-order valence-corrected chi connectivity index (χ0v) is 15.1. The van der Waals surface area contributed by atoms with Gasteiger partial charge in [0.2, 0.25) is 0 Å². The van der Waals surface area contributed by atoms with Crippen molar-refractivity contribution >= 4 is 16.6 Å². The van der Waals surface area contributed by atoms with Gasteiger partial charge in [-0.25, -0.2) is 0 Å². The molecule has 0 saturated carbocycles. The van der Waals surface area contributed by atoms with Crippen LogP contribution in [-0.4, -0.2) is 41.4 Å². The third-order valence-electron chi connectivity index (χ3n) is 4.97. The molecule has 3 aromatic rings. The number of carbonyl (C=O) groups is 1. The largest absolute Gasteiger partial charge is 0.489 e. The second-order valence-corrected chi connectivity index (χ2v) is 6.96. The van der Waals surface area contributed by atoms with Crippen LogP contribution in [0.3, 0.4) is 0 Å². The Kier molecular flexibility index (Phi) is 5.03.